The van der Waals surface area contributed by atoms with Crippen LogP contribution in [0.3, 0.4) is 0 Å². The van der Waals surface area contributed by atoms with Crippen molar-refractivity contribution in [3.63, 3.8) is 0 Å². The highest BCUT2D eigenvalue weighted by molar-refractivity contribution is 7.99. The van der Waals surface area contributed by atoms with Crippen molar-refractivity contribution in [3.05, 3.63) is 72.0 Å². The van der Waals surface area contributed by atoms with E-state index in [1.807, 2.05) is 45.9 Å². The maximum absolute atomic E-state index is 13.1. The molecular formula is C25H24N4O4S. The van der Waals surface area contributed by atoms with Gasteiger partial charge < -0.3 is 18.8 Å². The molecule has 4 aromatic rings. The van der Waals surface area contributed by atoms with Crippen LogP contribution in [0.2, 0.25) is 0 Å². The molecule has 0 fully saturated rings. The van der Waals surface area contributed by atoms with E-state index in [4.69, 9.17) is 13.9 Å². The van der Waals surface area contributed by atoms with Crippen LogP contribution >= 0.6 is 11.8 Å². The van der Waals surface area contributed by atoms with Crippen LogP contribution in [0.25, 0.3) is 17.3 Å². The quantitative estimate of drug-likeness (QED) is 0.369. The summed E-state index contributed by atoms with van der Waals surface area (Å²) >= 11 is 1.34. The Bertz CT molecular complexity index is 1300. The lowest BCUT2D eigenvalue weighted by Crippen LogP contribution is -2.37. The Morgan fingerprint density at radius 2 is 1.91 bits per heavy atom. The zero-order chi connectivity index (χ0) is 23.5. The SMILES string of the molecule is COc1ccc(OC)c(-n2c(SCC(=O)N3CCc4ccccc4C3)nnc2-c2ccco2)c1. The highest BCUT2D eigenvalue weighted by atomic mass is 32.2. The van der Waals surface area contributed by atoms with Gasteiger partial charge in [0, 0.05) is 19.2 Å². The maximum atomic E-state index is 13.1. The average Bonchev–Trinajstić information content (AvgIpc) is 3.56. The first-order valence-electron chi connectivity index (χ1n) is 10.9. The van der Waals surface area contributed by atoms with Gasteiger partial charge in [0.15, 0.2) is 10.9 Å². The fraction of sp³-hybridized carbons (Fsp3) is 0.240. The summed E-state index contributed by atoms with van der Waals surface area (Å²) in [7, 11) is 3.21. The van der Waals surface area contributed by atoms with Crippen molar-refractivity contribution in [1.29, 1.82) is 0 Å². The van der Waals surface area contributed by atoms with Crippen LogP contribution in [0.1, 0.15) is 11.1 Å². The van der Waals surface area contributed by atoms with Gasteiger partial charge in [-0.3, -0.25) is 9.36 Å². The molecule has 0 atom stereocenters. The molecule has 0 saturated carbocycles. The van der Waals surface area contributed by atoms with E-state index in [-0.39, 0.29) is 11.7 Å². The number of fused-ring (bicyclic) bond motifs is 1. The normalized spacial score (nSPS) is 12.9. The van der Waals surface area contributed by atoms with E-state index in [0.717, 1.165) is 6.42 Å². The largest absolute Gasteiger partial charge is 0.497 e. The van der Waals surface area contributed by atoms with Gasteiger partial charge in [-0.15, -0.1) is 10.2 Å². The first-order chi connectivity index (χ1) is 16.7. The van der Waals surface area contributed by atoms with Gasteiger partial charge in [0.2, 0.25) is 11.7 Å². The van der Waals surface area contributed by atoms with Gasteiger partial charge in [-0.1, -0.05) is 36.0 Å². The van der Waals surface area contributed by atoms with Crippen molar-refractivity contribution in [2.75, 3.05) is 26.5 Å². The van der Waals surface area contributed by atoms with Crippen LogP contribution in [0.5, 0.6) is 11.5 Å². The van der Waals surface area contributed by atoms with Gasteiger partial charge >= 0.3 is 0 Å². The predicted octanol–water partition coefficient (Wildman–Crippen LogP) is 4.22. The Hall–Kier alpha value is -3.72. The van der Waals surface area contributed by atoms with E-state index in [2.05, 4.69) is 22.3 Å². The highest BCUT2D eigenvalue weighted by Crippen LogP contribution is 2.35. The van der Waals surface area contributed by atoms with Crippen LogP contribution in [0, 0.1) is 0 Å². The number of carbonyl (C=O) groups is 1. The predicted molar refractivity (Wildman–Crippen MR) is 128 cm³/mol. The fourth-order valence-electron chi connectivity index (χ4n) is 4.04. The third-order valence-electron chi connectivity index (χ3n) is 5.81. The molecule has 0 bridgehead atoms. The highest BCUT2D eigenvalue weighted by Gasteiger charge is 2.24. The Balaban J connectivity index is 1.43. The first-order valence-corrected chi connectivity index (χ1v) is 11.9. The molecule has 0 N–H and O–H groups in total. The molecule has 0 saturated heterocycles. The number of furan rings is 1. The molecule has 34 heavy (non-hydrogen) atoms. The standard InChI is InChI=1S/C25H24N4O4S/c1-31-19-9-10-21(32-2)20(14-19)29-24(22-8-5-13-33-22)26-27-25(29)34-16-23(30)28-12-11-17-6-3-4-7-18(17)15-28/h3-10,13-14H,11-12,15-16H2,1-2H3. The lowest BCUT2D eigenvalue weighted by atomic mass is 10.00. The van der Waals surface area contributed by atoms with Gasteiger partial charge in [0.05, 0.1) is 31.9 Å². The van der Waals surface area contributed by atoms with Crippen LogP contribution in [0.15, 0.2) is 70.4 Å². The summed E-state index contributed by atoms with van der Waals surface area (Å²) in [4.78, 5) is 15.0. The number of carbonyl (C=O) groups excluding carboxylic acids is 1. The lowest BCUT2D eigenvalue weighted by molar-refractivity contribution is -0.129. The lowest BCUT2D eigenvalue weighted by Gasteiger charge is -2.28. The summed E-state index contributed by atoms with van der Waals surface area (Å²) in [5.41, 5.74) is 3.21. The van der Waals surface area contributed by atoms with Crippen molar-refractivity contribution >= 4 is 17.7 Å². The number of rotatable bonds is 7. The number of amides is 1. The second-order valence-corrected chi connectivity index (χ2v) is 8.72. The van der Waals surface area contributed by atoms with E-state index in [9.17, 15) is 4.79 Å². The zero-order valence-electron chi connectivity index (χ0n) is 18.9. The minimum atomic E-state index is 0.0613. The summed E-state index contributed by atoms with van der Waals surface area (Å²) in [5, 5.41) is 9.30. The Kier molecular flexibility index (Phi) is 6.27. The molecule has 0 radical (unpaired) electrons. The molecule has 0 unspecified atom stereocenters. The van der Waals surface area contributed by atoms with E-state index in [0.29, 0.717) is 47.0 Å². The molecular weight excluding hydrogens is 452 g/mol. The summed E-state index contributed by atoms with van der Waals surface area (Å²) in [5.74, 6) is 2.65. The van der Waals surface area contributed by atoms with Gasteiger partial charge in [-0.25, -0.2) is 0 Å². The number of nitrogens with zero attached hydrogens (tertiary/aromatic N) is 4. The Labute approximate surface area is 201 Å². The number of aromatic nitrogens is 3. The van der Waals surface area contributed by atoms with Gasteiger partial charge in [0.25, 0.3) is 0 Å². The fourth-order valence-corrected chi connectivity index (χ4v) is 4.89. The molecule has 2 aromatic heterocycles. The molecule has 0 spiro atoms. The third kappa shape index (κ3) is 4.26. The Morgan fingerprint density at radius 1 is 1.06 bits per heavy atom. The first kappa shape index (κ1) is 22.1. The van der Waals surface area contributed by atoms with E-state index < -0.39 is 0 Å². The summed E-state index contributed by atoms with van der Waals surface area (Å²) < 4.78 is 18.5. The molecule has 1 aliphatic rings. The minimum absolute atomic E-state index is 0.0613. The van der Waals surface area contributed by atoms with Gasteiger partial charge in [-0.05, 0) is 41.8 Å². The van der Waals surface area contributed by atoms with E-state index in [1.54, 1.807) is 26.5 Å². The second-order valence-electron chi connectivity index (χ2n) is 7.78. The number of benzene rings is 2. The molecule has 5 rings (SSSR count). The average molecular weight is 477 g/mol. The van der Waals surface area contributed by atoms with Crippen molar-refractivity contribution < 1.29 is 18.7 Å². The monoisotopic (exact) mass is 476 g/mol. The number of ether oxygens (including phenoxy) is 2. The molecule has 3 heterocycles. The number of hydrogen-bond donors (Lipinski definition) is 0. The summed E-state index contributed by atoms with van der Waals surface area (Å²) in [6.45, 7) is 1.34. The number of methoxy groups -OCH3 is 2. The maximum Gasteiger partial charge on any atom is 0.233 e. The van der Waals surface area contributed by atoms with Crippen molar-refractivity contribution in [3.8, 4) is 28.8 Å². The molecule has 174 valence electrons. The molecule has 1 amide bonds. The smallest absolute Gasteiger partial charge is 0.233 e. The number of thioether (sulfide) groups is 1. The molecule has 9 heteroatoms. The zero-order valence-corrected chi connectivity index (χ0v) is 19.7. The summed E-state index contributed by atoms with van der Waals surface area (Å²) in [6, 6.07) is 17.4. The molecule has 1 aliphatic heterocycles. The van der Waals surface area contributed by atoms with E-state index >= 15 is 0 Å². The Morgan fingerprint density at radius 3 is 2.68 bits per heavy atom. The molecule has 0 aliphatic carbocycles. The van der Waals surface area contributed by atoms with Crippen molar-refractivity contribution in [2.24, 2.45) is 0 Å². The number of hydrogen-bond acceptors (Lipinski definition) is 7. The van der Waals surface area contributed by atoms with Crippen molar-refractivity contribution in [1.82, 2.24) is 19.7 Å². The van der Waals surface area contributed by atoms with Crippen LogP contribution < -0.4 is 9.47 Å². The van der Waals surface area contributed by atoms with E-state index in [1.165, 1.54) is 22.9 Å². The van der Waals surface area contributed by atoms with Gasteiger partial charge in [0.1, 0.15) is 11.5 Å². The van der Waals surface area contributed by atoms with Crippen molar-refractivity contribution in [2.45, 2.75) is 18.1 Å². The topological polar surface area (TPSA) is 82.6 Å². The molecule has 8 nitrogen and oxygen atoms in total. The summed E-state index contributed by atoms with van der Waals surface area (Å²) in [6.07, 6.45) is 2.45. The minimum Gasteiger partial charge on any atom is -0.497 e. The third-order valence-corrected chi connectivity index (χ3v) is 6.72. The van der Waals surface area contributed by atoms with Gasteiger partial charge in [-0.2, -0.15) is 0 Å². The van der Waals surface area contributed by atoms with Crippen LogP contribution in [-0.4, -0.2) is 52.1 Å². The molecule has 2 aromatic carbocycles. The van der Waals surface area contributed by atoms with Crippen LogP contribution in [-0.2, 0) is 17.8 Å². The second kappa shape index (κ2) is 9.64. The van der Waals surface area contributed by atoms with Crippen LogP contribution in [0.4, 0.5) is 0 Å².